The number of rotatable bonds is 0. The maximum Gasteiger partial charge on any atom is -0.0143 e. The molecule has 20 heavy (non-hydrogen) atoms. The monoisotopic (exact) mass is 264 g/mol. The third-order valence-electron chi connectivity index (χ3n) is 6.19. The maximum absolute atomic E-state index is 2.44. The molecule has 0 saturated carbocycles. The molecule has 0 fully saturated rings. The Balaban J connectivity index is 2.14. The van der Waals surface area contributed by atoms with Crippen LogP contribution in [-0.2, 0) is 12.8 Å². The quantitative estimate of drug-likeness (QED) is 0.595. The predicted octanol–water partition coefficient (Wildman–Crippen LogP) is 5.43. The van der Waals surface area contributed by atoms with Crippen molar-refractivity contribution in [2.24, 2.45) is 11.8 Å². The number of hydrogen-bond donors (Lipinski definition) is 0. The largest absolute Gasteiger partial charge is 0.0616 e. The first-order valence-corrected chi connectivity index (χ1v) is 8.15. The van der Waals surface area contributed by atoms with Crippen LogP contribution in [0.3, 0.4) is 0 Å². The van der Waals surface area contributed by atoms with Crippen molar-refractivity contribution in [1.82, 2.24) is 0 Å². The van der Waals surface area contributed by atoms with Crippen LogP contribution in [0.25, 0.3) is 10.8 Å². The SMILES string of the molecule is C[C@@H]1Cc2c(c3c(c4ccccc24)[C@H](C)[C@H](C)C3)[C@@H]1C. The number of fused-ring (bicyclic) bond motifs is 6. The van der Waals surface area contributed by atoms with Crippen molar-refractivity contribution in [3.63, 3.8) is 0 Å². The van der Waals surface area contributed by atoms with Crippen molar-refractivity contribution in [3.8, 4) is 0 Å². The topological polar surface area (TPSA) is 0 Å². The molecule has 0 spiro atoms. The van der Waals surface area contributed by atoms with Crippen LogP contribution in [0.1, 0.15) is 61.8 Å². The van der Waals surface area contributed by atoms with Crippen LogP contribution >= 0.6 is 0 Å². The van der Waals surface area contributed by atoms with E-state index in [-0.39, 0.29) is 0 Å². The van der Waals surface area contributed by atoms with Crippen LogP contribution in [0, 0.1) is 11.8 Å². The molecule has 2 aliphatic carbocycles. The Morgan fingerprint density at radius 3 is 1.95 bits per heavy atom. The lowest BCUT2D eigenvalue weighted by Gasteiger charge is -2.18. The molecular formula is C20H24. The molecule has 0 saturated heterocycles. The Hall–Kier alpha value is -1.30. The molecule has 0 heterocycles. The van der Waals surface area contributed by atoms with Gasteiger partial charge >= 0.3 is 0 Å². The molecule has 0 N–H and O–H groups in total. The zero-order valence-corrected chi connectivity index (χ0v) is 13.0. The van der Waals surface area contributed by atoms with Gasteiger partial charge in [0.05, 0.1) is 0 Å². The summed E-state index contributed by atoms with van der Waals surface area (Å²) in [5, 5.41) is 3.08. The van der Waals surface area contributed by atoms with E-state index >= 15 is 0 Å². The van der Waals surface area contributed by atoms with Crippen LogP contribution < -0.4 is 0 Å². The van der Waals surface area contributed by atoms with Crippen LogP contribution in [0.2, 0.25) is 0 Å². The first-order valence-electron chi connectivity index (χ1n) is 8.15. The lowest BCUT2D eigenvalue weighted by Crippen LogP contribution is -2.01. The fourth-order valence-electron chi connectivity index (χ4n) is 4.69. The highest BCUT2D eigenvalue weighted by atomic mass is 14.4. The van der Waals surface area contributed by atoms with Crippen molar-refractivity contribution in [1.29, 1.82) is 0 Å². The van der Waals surface area contributed by atoms with Crippen LogP contribution in [0.5, 0.6) is 0 Å². The Morgan fingerprint density at radius 2 is 1.25 bits per heavy atom. The zero-order valence-electron chi connectivity index (χ0n) is 13.0. The molecule has 0 aromatic heterocycles. The minimum atomic E-state index is 0.711. The van der Waals surface area contributed by atoms with Gasteiger partial charge in [-0.15, -0.1) is 0 Å². The average molecular weight is 264 g/mol. The third-order valence-corrected chi connectivity index (χ3v) is 6.19. The maximum atomic E-state index is 2.44. The van der Waals surface area contributed by atoms with Crippen molar-refractivity contribution < 1.29 is 0 Å². The van der Waals surface area contributed by atoms with E-state index in [2.05, 4.69) is 52.0 Å². The van der Waals surface area contributed by atoms with Gasteiger partial charge in [-0.25, -0.2) is 0 Å². The van der Waals surface area contributed by atoms with Gasteiger partial charge in [0.2, 0.25) is 0 Å². The fraction of sp³-hybridized carbons (Fsp3) is 0.500. The highest BCUT2D eigenvalue weighted by Crippen LogP contribution is 2.51. The minimum absolute atomic E-state index is 0.711. The van der Waals surface area contributed by atoms with Gasteiger partial charge in [0.25, 0.3) is 0 Å². The minimum Gasteiger partial charge on any atom is -0.0616 e. The van der Waals surface area contributed by atoms with Gasteiger partial charge in [-0.2, -0.15) is 0 Å². The molecule has 2 aromatic carbocycles. The van der Waals surface area contributed by atoms with Gasteiger partial charge in [-0.3, -0.25) is 0 Å². The Morgan fingerprint density at radius 1 is 0.700 bits per heavy atom. The summed E-state index contributed by atoms with van der Waals surface area (Å²) >= 11 is 0. The summed E-state index contributed by atoms with van der Waals surface area (Å²) in [5.41, 5.74) is 6.78. The van der Waals surface area contributed by atoms with Crippen molar-refractivity contribution in [2.75, 3.05) is 0 Å². The lowest BCUT2D eigenvalue weighted by molar-refractivity contribution is 0.521. The van der Waals surface area contributed by atoms with Gasteiger partial charge < -0.3 is 0 Å². The summed E-state index contributed by atoms with van der Waals surface area (Å²) in [6.07, 6.45) is 2.56. The molecule has 0 heteroatoms. The van der Waals surface area contributed by atoms with Crippen LogP contribution in [0.4, 0.5) is 0 Å². The summed E-state index contributed by atoms with van der Waals surface area (Å²) in [6, 6.07) is 9.14. The predicted molar refractivity (Wildman–Crippen MR) is 86.5 cm³/mol. The van der Waals surface area contributed by atoms with E-state index in [4.69, 9.17) is 0 Å². The third kappa shape index (κ3) is 1.43. The molecular weight excluding hydrogens is 240 g/mol. The molecule has 0 amide bonds. The average Bonchev–Trinajstić information content (AvgIpc) is 2.90. The highest BCUT2D eigenvalue weighted by Gasteiger charge is 2.37. The van der Waals surface area contributed by atoms with E-state index in [1.54, 1.807) is 33.0 Å². The summed E-state index contributed by atoms with van der Waals surface area (Å²) in [6.45, 7) is 9.72. The Kier molecular flexibility index (Phi) is 2.55. The number of benzene rings is 2. The van der Waals surface area contributed by atoms with E-state index in [9.17, 15) is 0 Å². The smallest absolute Gasteiger partial charge is 0.0143 e. The summed E-state index contributed by atoms with van der Waals surface area (Å²) in [7, 11) is 0. The van der Waals surface area contributed by atoms with Crippen molar-refractivity contribution in [2.45, 2.75) is 52.4 Å². The molecule has 4 rings (SSSR count). The molecule has 2 aromatic rings. The molecule has 2 aliphatic rings. The zero-order chi connectivity index (χ0) is 14.0. The van der Waals surface area contributed by atoms with E-state index in [1.165, 1.54) is 12.8 Å². The van der Waals surface area contributed by atoms with Gasteiger partial charge in [0, 0.05) is 0 Å². The summed E-state index contributed by atoms with van der Waals surface area (Å²) in [5.74, 6) is 3.04. The standard InChI is InChI=1S/C20H24/c1-11-9-17-15-7-5-6-8-16(15)19-13(3)12(2)10-18(19)20(17)14(11)4/h5-8,11-14H,9-10H2,1-4H3/t11-,12-,13-,14-/m1/s1. The lowest BCUT2D eigenvalue weighted by atomic mass is 9.86. The molecule has 4 atom stereocenters. The molecule has 0 nitrogen and oxygen atoms in total. The normalized spacial score (nSPS) is 31.6. The van der Waals surface area contributed by atoms with Gasteiger partial charge in [0.1, 0.15) is 0 Å². The van der Waals surface area contributed by atoms with E-state index in [0.717, 1.165) is 17.8 Å². The van der Waals surface area contributed by atoms with E-state index < -0.39 is 0 Å². The highest BCUT2D eigenvalue weighted by molar-refractivity contribution is 5.93. The van der Waals surface area contributed by atoms with E-state index in [0.29, 0.717) is 5.92 Å². The second-order valence-corrected chi connectivity index (χ2v) is 7.27. The Labute approximate surface area is 122 Å². The molecule has 0 bridgehead atoms. The van der Waals surface area contributed by atoms with Gasteiger partial charge in [-0.05, 0) is 69.5 Å². The Bertz CT molecular complexity index is 695. The van der Waals surface area contributed by atoms with Crippen molar-refractivity contribution in [3.05, 3.63) is 46.5 Å². The first kappa shape index (κ1) is 12.4. The molecule has 0 radical (unpaired) electrons. The van der Waals surface area contributed by atoms with Gasteiger partial charge in [-0.1, -0.05) is 52.0 Å². The van der Waals surface area contributed by atoms with Crippen molar-refractivity contribution >= 4 is 10.8 Å². The van der Waals surface area contributed by atoms with Crippen LogP contribution in [-0.4, -0.2) is 0 Å². The molecule has 0 unspecified atom stereocenters. The summed E-state index contributed by atoms with van der Waals surface area (Å²) in [4.78, 5) is 0. The van der Waals surface area contributed by atoms with E-state index in [1.807, 2.05) is 0 Å². The molecule has 0 aliphatic heterocycles. The number of hydrogen-bond acceptors (Lipinski definition) is 0. The van der Waals surface area contributed by atoms with Gasteiger partial charge in [0.15, 0.2) is 0 Å². The second kappa shape index (κ2) is 4.10. The van der Waals surface area contributed by atoms with Crippen LogP contribution in [0.15, 0.2) is 24.3 Å². The first-order chi connectivity index (χ1) is 9.59. The molecule has 104 valence electrons. The fourth-order valence-corrected chi connectivity index (χ4v) is 4.69. The summed E-state index contributed by atoms with van der Waals surface area (Å²) < 4.78 is 0. The second-order valence-electron chi connectivity index (χ2n) is 7.27.